The van der Waals surface area contributed by atoms with Crippen LogP contribution in [0.3, 0.4) is 0 Å². The van der Waals surface area contributed by atoms with Gasteiger partial charge in [-0.25, -0.2) is 0 Å². The minimum atomic E-state index is 0.0968. The van der Waals surface area contributed by atoms with E-state index in [0.717, 1.165) is 27.1 Å². The number of hydrogen-bond donors (Lipinski definition) is 0. The van der Waals surface area contributed by atoms with Crippen molar-refractivity contribution in [3.8, 4) is 5.75 Å². The highest BCUT2D eigenvalue weighted by molar-refractivity contribution is 8.22. The lowest BCUT2D eigenvalue weighted by Gasteiger charge is -2.09. The maximum atomic E-state index is 12.4. The minimum Gasteiger partial charge on any atom is -0.497 e. The molecular formula is C15H20O2S2. The number of ether oxygens (including phenoxy) is 1. The Labute approximate surface area is 124 Å². The molecule has 0 aromatic heterocycles. The van der Waals surface area contributed by atoms with Crippen LogP contribution in [-0.2, 0) is 0 Å². The van der Waals surface area contributed by atoms with Crippen LogP contribution in [0.4, 0.5) is 0 Å². The standard InChI is InChI=1S/C15H20O2S2/c1-5-18-15(19-6-2)11(3)14(16)12-7-9-13(17-4)10-8-12/h7-10H,5-6H2,1-4H3. The second kappa shape index (κ2) is 8.33. The van der Waals surface area contributed by atoms with Gasteiger partial charge in [-0.1, -0.05) is 13.8 Å². The summed E-state index contributed by atoms with van der Waals surface area (Å²) in [6.45, 7) is 6.12. The lowest BCUT2D eigenvalue weighted by atomic mass is 10.1. The molecule has 0 heterocycles. The fraction of sp³-hybridized carbons (Fsp3) is 0.400. The zero-order valence-corrected chi connectivity index (χ0v) is 13.5. The summed E-state index contributed by atoms with van der Waals surface area (Å²) in [6.07, 6.45) is 0. The molecule has 0 aliphatic rings. The van der Waals surface area contributed by atoms with Gasteiger partial charge in [0.25, 0.3) is 0 Å². The van der Waals surface area contributed by atoms with E-state index in [9.17, 15) is 4.79 Å². The topological polar surface area (TPSA) is 26.3 Å². The Morgan fingerprint density at radius 1 is 1.11 bits per heavy atom. The van der Waals surface area contributed by atoms with Gasteiger partial charge in [0.1, 0.15) is 5.75 Å². The summed E-state index contributed by atoms with van der Waals surface area (Å²) in [6, 6.07) is 7.27. The summed E-state index contributed by atoms with van der Waals surface area (Å²) in [7, 11) is 1.62. The number of rotatable bonds is 7. The van der Waals surface area contributed by atoms with Crippen molar-refractivity contribution in [1.82, 2.24) is 0 Å². The van der Waals surface area contributed by atoms with E-state index in [-0.39, 0.29) is 5.78 Å². The smallest absolute Gasteiger partial charge is 0.190 e. The van der Waals surface area contributed by atoms with E-state index < -0.39 is 0 Å². The van der Waals surface area contributed by atoms with Crippen LogP contribution in [0.5, 0.6) is 5.75 Å². The van der Waals surface area contributed by atoms with Crippen LogP contribution in [-0.4, -0.2) is 24.4 Å². The molecule has 104 valence electrons. The number of Topliss-reactive ketones (excluding diaryl/α,β-unsaturated/α-hetero) is 1. The molecule has 0 N–H and O–H groups in total. The summed E-state index contributed by atoms with van der Waals surface area (Å²) in [4.78, 5) is 12.4. The Morgan fingerprint density at radius 2 is 1.63 bits per heavy atom. The summed E-state index contributed by atoms with van der Waals surface area (Å²) in [5, 5.41) is 0. The molecule has 19 heavy (non-hydrogen) atoms. The van der Waals surface area contributed by atoms with E-state index in [1.165, 1.54) is 0 Å². The van der Waals surface area contributed by atoms with Gasteiger partial charge in [0, 0.05) is 15.4 Å². The van der Waals surface area contributed by atoms with Gasteiger partial charge in [-0.05, 0) is 42.7 Å². The van der Waals surface area contributed by atoms with Crippen molar-refractivity contribution < 1.29 is 9.53 Å². The first-order valence-electron chi connectivity index (χ1n) is 6.29. The maximum Gasteiger partial charge on any atom is 0.190 e. The van der Waals surface area contributed by atoms with Crippen molar-refractivity contribution in [2.75, 3.05) is 18.6 Å². The largest absolute Gasteiger partial charge is 0.497 e. The Hall–Kier alpha value is -0.870. The van der Waals surface area contributed by atoms with Crippen molar-refractivity contribution in [2.24, 2.45) is 0 Å². The summed E-state index contributed by atoms with van der Waals surface area (Å²) in [5.41, 5.74) is 1.55. The summed E-state index contributed by atoms with van der Waals surface area (Å²) < 4.78 is 6.23. The average molecular weight is 296 g/mol. The van der Waals surface area contributed by atoms with Crippen LogP contribution in [0.25, 0.3) is 0 Å². The van der Waals surface area contributed by atoms with Gasteiger partial charge in [0.05, 0.1) is 7.11 Å². The number of ketones is 1. The number of allylic oxidation sites excluding steroid dienone is 1. The van der Waals surface area contributed by atoms with Crippen LogP contribution in [0, 0.1) is 0 Å². The van der Waals surface area contributed by atoms with Crippen LogP contribution < -0.4 is 4.74 Å². The number of carbonyl (C=O) groups excluding carboxylic acids is 1. The van der Waals surface area contributed by atoms with E-state index >= 15 is 0 Å². The van der Waals surface area contributed by atoms with Crippen LogP contribution in [0.15, 0.2) is 34.1 Å². The SMILES string of the molecule is CCSC(SCC)=C(C)C(=O)c1ccc(OC)cc1. The third-order valence-corrected chi connectivity index (χ3v) is 4.97. The van der Waals surface area contributed by atoms with Gasteiger partial charge in [-0.2, -0.15) is 0 Å². The maximum absolute atomic E-state index is 12.4. The van der Waals surface area contributed by atoms with Gasteiger partial charge in [-0.15, -0.1) is 23.5 Å². The predicted molar refractivity (Wildman–Crippen MR) is 86.3 cm³/mol. The molecule has 0 atom stereocenters. The van der Waals surface area contributed by atoms with E-state index in [0.29, 0.717) is 5.56 Å². The summed E-state index contributed by atoms with van der Waals surface area (Å²) >= 11 is 3.47. The first kappa shape index (κ1) is 16.2. The monoisotopic (exact) mass is 296 g/mol. The first-order chi connectivity index (χ1) is 9.13. The number of benzene rings is 1. The Bertz CT molecular complexity index is 442. The van der Waals surface area contributed by atoms with Gasteiger partial charge in [0.15, 0.2) is 5.78 Å². The number of methoxy groups -OCH3 is 1. The predicted octanol–water partition coefficient (Wildman–Crippen LogP) is 4.62. The lowest BCUT2D eigenvalue weighted by molar-refractivity contribution is 0.103. The molecule has 0 spiro atoms. The van der Waals surface area contributed by atoms with Gasteiger partial charge in [0.2, 0.25) is 0 Å². The normalized spacial score (nSPS) is 10.1. The fourth-order valence-corrected chi connectivity index (χ4v) is 3.76. The number of hydrogen-bond acceptors (Lipinski definition) is 4. The molecule has 0 fully saturated rings. The molecule has 0 saturated heterocycles. The molecule has 4 heteroatoms. The molecule has 0 unspecified atom stereocenters. The number of carbonyl (C=O) groups is 1. The highest BCUT2D eigenvalue weighted by Crippen LogP contribution is 2.32. The zero-order valence-electron chi connectivity index (χ0n) is 11.9. The Morgan fingerprint density at radius 3 is 2.05 bits per heavy atom. The molecule has 0 aliphatic carbocycles. The van der Waals surface area contributed by atoms with Crippen molar-refractivity contribution in [2.45, 2.75) is 20.8 Å². The molecule has 0 aliphatic heterocycles. The fourth-order valence-electron chi connectivity index (χ4n) is 1.57. The highest BCUT2D eigenvalue weighted by atomic mass is 32.2. The molecule has 1 rings (SSSR count). The molecule has 1 aromatic carbocycles. The van der Waals surface area contributed by atoms with Crippen LogP contribution in [0.1, 0.15) is 31.1 Å². The Kier molecular flexibility index (Phi) is 7.10. The summed E-state index contributed by atoms with van der Waals surface area (Å²) in [5.74, 6) is 2.83. The third kappa shape index (κ3) is 4.62. The quantitative estimate of drug-likeness (QED) is 0.542. The first-order valence-corrected chi connectivity index (χ1v) is 8.26. The molecule has 0 saturated carbocycles. The van der Waals surface area contributed by atoms with Gasteiger partial charge < -0.3 is 4.74 Å². The second-order valence-corrected chi connectivity index (χ2v) is 6.64. The van der Waals surface area contributed by atoms with Gasteiger partial charge in [-0.3, -0.25) is 4.79 Å². The van der Waals surface area contributed by atoms with Crippen molar-refractivity contribution in [3.05, 3.63) is 39.6 Å². The van der Waals surface area contributed by atoms with Gasteiger partial charge >= 0.3 is 0 Å². The van der Waals surface area contributed by atoms with Crippen molar-refractivity contribution in [1.29, 1.82) is 0 Å². The molecule has 0 amide bonds. The third-order valence-electron chi connectivity index (χ3n) is 2.55. The van der Waals surface area contributed by atoms with E-state index in [1.54, 1.807) is 30.6 Å². The van der Waals surface area contributed by atoms with E-state index in [4.69, 9.17) is 4.74 Å². The lowest BCUT2D eigenvalue weighted by Crippen LogP contribution is -2.02. The van der Waals surface area contributed by atoms with Crippen molar-refractivity contribution >= 4 is 29.3 Å². The van der Waals surface area contributed by atoms with Crippen LogP contribution >= 0.6 is 23.5 Å². The van der Waals surface area contributed by atoms with E-state index in [2.05, 4.69) is 13.8 Å². The molecule has 2 nitrogen and oxygen atoms in total. The van der Waals surface area contributed by atoms with Crippen LogP contribution in [0.2, 0.25) is 0 Å². The van der Waals surface area contributed by atoms with E-state index in [1.807, 2.05) is 31.2 Å². The second-order valence-electron chi connectivity index (χ2n) is 3.84. The Balaban J connectivity index is 2.97. The zero-order chi connectivity index (χ0) is 14.3. The highest BCUT2D eigenvalue weighted by Gasteiger charge is 2.13. The molecule has 0 radical (unpaired) electrons. The molecule has 0 bridgehead atoms. The molecular weight excluding hydrogens is 276 g/mol. The number of thioether (sulfide) groups is 2. The van der Waals surface area contributed by atoms with Crippen molar-refractivity contribution in [3.63, 3.8) is 0 Å². The minimum absolute atomic E-state index is 0.0968. The molecule has 1 aromatic rings. The average Bonchev–Trinajstić information content (AvgIpc) is 2.45.